The van der Waals surface area contributed by atoms with Gasteiger partial charge in [0.15, 0.2) is 0 Å². The van der Waals surface area contributed by atoms with Gasteiger partial charge in [0.25, 0.3) is 0 Å². The van der Waals surface area contributed by atoms with Gasteiger partial charge in [0.2, 0.25) is 0 Å². The molecule has 2 heteroatoms. The molecule has 0 aromatic heterocycles. The second kappa shape index (κ2) is 6.76. The van der Waals surface area contributed by atoms with Crippen molar-refractivity contribution >= 4 is 10.8 Å². The van der Waals surface area contributed by atoms with Gasteiger partial charge in [0, 0.05) is 25.6 Å². The lowest BCUT2D eigenvalue weighted by molar-refractivity contribution is 0.318. The highest BCUT2D eigenvalue weighted by Gasteiger charge is 2.32. The Morgan fingerprint density at radius 3 is 2.42 bits per heavy atom. The maximum atomic E-state index is 6.08. The molecule has 0 bridgehead atoms. The van der Waals surface area contributed by atoms with E-state index in [9.17, 15) is 0 Å². The molecule has 2 N–H and O–H groups in total. The number of fused-ring (bicyclic) bond motifs is 1. The molecule has 0 aliphatic carbocycles. The lowest BCUT2D eigenvalue weighted by Gasteiger charge is -2.17. The first-order valence-corrected chi connectivity index (χ1v) is 8.79. The summed E-state index contributed by atoms with van der Waals surface area (Å²) in [5.41, 5.74) is 8.92. The second-order valence-corrected chi connectivity index (χ2v) is 6.85. The van der Waals surface area contributed by atoms with Crippen molar-refractivity contribution < 1.29 is 0 Å². The standard InChI is InChI=1S/C22H24N2/c23-13-20-15-24(16-22(20)18-7-2-1-3-8-18)14-19-11-6-10-17-9-4-5-12-21(17)19/h1-12,20,22H,13-16,23H2/t20-,22+/m1/s1. The highest BCUT2D eigenvalue weighted by molar-refractivity contribution is 5.85. The first-order chi connectivity index (χ1) is 11.8. The third-order valence-corrected chi connectivity index (χ3v) is 5.32. The molecule has 2 nitrogen and oxygen atoms in total. The molecule has 1 aliphatic rings. The van der Waals surface area contributed by atoms with Crippen molar-refractivity contribution in [2.45, 2.75) is 12.5 Å². The van der Waals surface area contributed by atoms with Gasteiger partial charge in [-0.25, -0.2) is 0 Å². The molecule has 1 aliphatic heterocycles. The van der Waals surface area contributed by atoms with Gasteiger partial charge in [-0.15, -0.1) is 0 Å². The lowest BCUT2D eigenvalue weighted by atomic mass is 9.89. The monoisotopic (exact) mass is 316 g/mol. The van der Waals surface area contributed by atoms with E-state index >= 15 is 0 Å². The number of hydrogen-bond donors (Lipinski definition) is 1. The van der Waals surface area contributed by atoms with Crippen LogP contribution in [0.25, 0.3) is 10.8 Å². The zero-order valence-electron chi connectivity index (χ0n) is 13.9. The summed E-state index contributed by atoms with van der Waals surface area (Å²) in [6.07, 6.45) is 0. The van der Waals surface area contributed by atoms with E-state index in [2.05, 4.69) is 77.7 Å². The Kier molecular flexibility index (Phi) is 4.33. The van der Waals surface area contributed by atoms with E-state index in [4.69, 9.17) is 5.73 Å². The molecule has 4 rings (SSSR count). The van der Waals surface area contributed by atoms with Crippen molar-refractivity contribution in [3.63, 3.8) is 0 Å². The summed E-state index contributed by atoms with van der Waals surface area (Å²) >= 11 is 0. The van der Waals surface area contributed by atoms with E-state index in [0.29, 0.717) is 11.8 Å². The van der Waals surface area contributed by atoms with Crippen LogP contribution in [0, 0.1) is 5.92 Å². The smallest absolute Gasteiger partial charge is 0.0240 e. The minimum atomic E-state index is 0.544. The second-order valence-electron chi connectivity index (χ2n) is 6.85. The van der Waals surface area contributed by atoms with Crippen molar-refractivity contribution in [1.82, 2.24) is 4.90 Å². The Bertz CT molecular complexity index is 807. The van der Waals surface area contributed by atoms with Crippen LogP contribution in [-0.4, -0.2) is 24.5 Å². The summed E-state index contributed by atoms with van der Waals surface area (Å²) in [4.78, 5) is 2.57. The van der Waals surface area contributed by atoms with Crippen LogP contribution in [-0.2, 0) is 6.54 Å². The Morgan fingerprint density at radius 1 is 0.833 bits per heavy atom. The molecule has 0 unspecified atom stereocenters. The quantitative estimate of drug-likeness (QED) is 0.788. The van der Waals surface area contributed by atoms with Crippen molar-refractivity contribution in [2.75, 3.05) is 19.6 Å². The molecule has 0 spiro atoms. The summed E-state index contributed by atoms with van der Waals surface area (Å²) in [5.74, 6) is 1.09. The number of benzene rings is 3. The largest absolute Gasteiger partial charge is 0.330 e. The van der Waals surface area contributed by atoms with Gasteiger partial charge in [-0.1, -0.05) is 72.8 Å². The number of nitrogens with two attached hydrogens (primary N) is 1. The molecule has 3 aromatic rings. The van der Waals surface area contributed by atoms with E-state index in [1.165, 1.54) is 21.9 Å². The fourth-order valence-corrected chi connectivity index (χ4v) is 4.08. The predicted octanol–water partition coefficient (Wildman–Crippen LogP) is 4.01. The molecule has 24 heavy (non-hydrogen) atoms. The van der Waals surface area contributed by atoms with Gasteiger partial charge in [-0.05, 0) is 34.4 Å². The van der Waals surface area contributed by atoms with Crippen LogP contribution in [0.1, 0.15) is 17.0 Å². The first-order valence-electron chi connectivity index (χ1n) is 8.79. The molecule has 122 valence electrons. The van der Waals surface area contributed by atoms with E-state index in [-0.39, 0.29) is 0 Å². The first kappa shape index (κ1) is 15.4. The SMILES string of the molecule is NC[C@@H]1CN(Cc2cccc3ccccc23)C[C@H]1c1ccccc1. The van der Waals surface area contributed by atoms with Gasteiger partial charge in [-0.2, -0.15) is 0 Å². The van der Waals surface area contributed by atoms with Gasteiger partial charge in [0.05, 0.1) is 0 Å². The third-order valence-electron chi connectivity index (χ3n) is 5.32. The van der Waals surface area contributed by atoms with Gasteiger partial charge in [-0.3, -0.25) is 4.90 Å². The van der Waals surface area contributed by atoms with Crippen molar-refractivity contribution in [1.29, 1.82) is 0 Å². The van der Waals surface area contributed by atoms with Crippen molar-refractivity contribution in [3.05, 3.63) is 83.9 Å². The molecular weight excluding hydrogens is 292 g/mol. The van der Waals surface area contributed by atoms with Crippen LogP contribution in [0.4, 0.5) is 0 Å². The van der Waals surface area contributed by atoms with Crippen molar-refractivity contribution in [2.24, 2.45) is 11.7 Å². The van der Waals surface area contributed by atoms with Crippen LogP contribution in [0.2, 0.25) is 0 Å². The average molecular weight is 316 g/mol. The summed E-state index contributed by atoms with van der Waals surface area (Å²) in [6, 6.07) is 26.1. The molecule has 1 saturated heterocycles. The zero-order valence-corrected chi connectivity index (χ0v) is 13.9. The predicted molar refractivity (Wildman–Crippen MR) is 101 cm³/mol. The zero-order chi connectivity index (χ0) is 16.4. The van der Waals surface area contributed by atoms with Crippen LogP contribution < -0.4 is 5.73 Å². The molecule has 0 amide bonds. The van der Waals surface area contributed by atoms with E-state index in [0.717, 1.165) is 26.2 Å². The minimum absolute atomic E-state index is 0.544. The number of likely N-dealkylation sites (tertiary alicyclic amines) is 1. The van der Waals surface area contributed by atoms with Gasteiger partial charge >= 0.3 is 0 Å². The fourth-order valence-electron chi connectivity index (χ4n) is 4.08. The maximum absolute atomic E-state index is 6.08. The number of nitrogens with zero attached hydrogens (tertiary/aromatic N) is 1. The highest BCUT2D eigenvalue weighted by Crippen LogP contribution is 2.33. The van der Waals surface area contributed by atoms with Crippen LogP contribution >= 0.6 is 0 Å². The lowest BCUT2D eigenvalue weighted by Crippen LogP contribution is -2.23. The average Bonchev–Trinajstić information content (AvgIpc) is 3.06. The molecule has 2 atom stereocenters. The Morgan fingerprint density at radius 2 is 1.58 bits per heavy atom. The molecule has 0 radical (unpaired) electrons. The van der Waals surface area contributed by atoms with Gasteiger partial charge < -0.3 is 5.73 Å². The van der Waals surface area contributed by atoms with E-state index in [1.807, 2.05) is 0 Å². The number of rotatable bonds is 4. The van der Waals surface area contributed by atoms with E-state index < -0.39 is 0 Å². The van der Waals surface area contributed by atoms with Gasteiger partial charge in [0.1, 0.15) is 0 Å². The topological polar surface area (TPSA) is 29.3 Å². The molecule has 0 saturated carbocycles. The Hall–Kier alpha value is -2.16. The summed E-state index contributed by atoms with van der Waals surface area (Å²) in [6.45, 7) is 3.93. The fraction of sp³-hybridized carbons (Fsp3) is 0.273. The highest BCUT2D eigenvalue weighted by atomic mass is 15.2. The summed E-state index contributed by atoms with van der Waals surface area (Å²) in [7, 11) is 0. The van der Waals surface area contributed by atoms with Crippen LogP contribution in [0.3, 0.4) is 0 Å². The molecular formula is C22H24N2. The summed E-state index contributed by atoms with van der Waals surface area (Å²) < 4.78 is 0. The van der Waals surface area contributed by atoms with Crippen molar-refractivity contribution in [3.8, 4) is 0 Å². The molecule has 1 fully saturated rings. The summed E-state index contributed by atoms with van der Waals surface area (Å²) in [5, 5.41) is 2.69. The minimum Gasteiger partial charge on any atom is -0.330 e. The van der Waals surface area contributed by atoms with Crippen LogP contribution in [0.5, 0.6) is 0 Å². The maximum Gasteiger partial charge on any atom is 0.0240 e. The third kappa shape index (κ3) is 2.95. The van der Waals surface area contributed by atoms with Crippen LogP contribution in [0.15, 0.2) is 72.8 Å². The Balaban J connectivity index is 1.57. The van der Waals surface area contributed by atoms with E-state index in [1.54, 1.807) is 0 Å². The molecule has 3 aromatic carbocycles. The number of hydrogen-bond acceptors (Lipinski definition) is 2. The molecule has 1 heterocycles. The Labute approximate surface area is 143 Å². The normalized spacial score (nSPS) is 21.4.